The van der Waals surface area contributed by atoms with Crippen molar-refractivity contribution in [1.82, 2.24) is 14.8 Å². The summed E-state index contributed by atoms with van der Waals surface area (Å²) in [6.45, 7) is 4.42. The number of rotatable bonds is 11. The van der Waals surface area contributed by atoms with Crippen LogP contribution in [0.4, 0.5) is 5.69 Å². The summed E-state index contributed by atoms with van der Waals surface area (Å²) in [6.07, 6.45) is 1.72. The molecule has 3 aromatic carbocycles. The van der Waals surface area contributed by atoms with Gasteiger partial charge in [0, 0.05) is 11.4 Å². The van der Waals surface area contributed by atoms with E-state index in [2.05, 4.69) is 41.5 Å². The van der Waals surface area contributed by atoms with Gasteiger partial charge in [-0.1, -0.05) is 62.0 Å². The van der Waals surface area contributed by atoms with Crippen molar-refractivity contribution in [2.75, 3.05) is 18.2 Å². The number of carbonyl (C=O) groups is 1. The lowest BCUT2D eigenvalue weighted by Gasteiger charge is -2.14. The molecule has 4 rings (SSSR count). The van der Waals surface area contributed by atoms with Crippen molar-refractivity contribution in [2.24, 2.45) is 0 Å². The number of nitrogens with zero attached hydrogens (tertiary/aromatic N) is 3. The molecule has 1 N–H and O–H groups in total. The zero-order chi connectivity index (χ0) is 25.3. The molecule has 0 atom stereocenters. The highest BCUT2D eigenvalue weighted by molar-refractivity contribution is 7.99. The molecule has 186 valence electrons. The van der Waals surface area contributed by atoms with Crippen molar-refractivity contribution in [3.63, 3.8) is 0 Å². The van der Waals surface area contributed by atoms with E-state index in [9.17, 15) is 4.79 Å². The second kappa shape index (κ2) is 12.3. The van der Waals surface area contributed by atoms with E-state index in [-0.39, 0.29) is 18.3 Å². The molecule has 0 saturated carbocycles. The Bertz CT molecular complexity index is 1270. The number of amides is 1. The number of hydrogen-bond donors (Lipinski definition) is 1. The number of aromatic nitrogens is 3. The van der Waals surface area contributed by atoms with Gasteiger partial charge >= 0.3 is 0 Å². The van der Waals surface area contributed by atoms with Crippen LogP contribution in [0.15, 0.2) is 78.0 Å². The third kappa shape index (κ3) is 6.07. The molecule has 0 aliphatic heterocycles. The van der Waals surface area contributed by atoms with Crippen LogP contribution in [0, 0.1) is 0 Å². The summed E-state index contributed by atoms with van der Waals surface area (Å²) in [6, 6.07) is 23.4. The van der Waals surface area contributed by atoms with E-state index in [4.69, 9.17) is 9.47 Å². The zero-order valence-corrected chi connectivity index (χ0v) is 21.5. The molecule has 36 heavy (non-hydrogen) atoms. The average molecular weight is 503 g/mol. The maximum Gasteiger partial charge on any atom is 0.234 e. The molecule has 1 amide bonds. The number of nitrogens with one attached hydrogen (secondary N) is 1. The minimum atomic E-state index is -0.0748. The van der Waals surface area contributed by atoms with Gasteiger partial charge in [0.15, 0.2) is 11.0 Å². The summed E-state index contributed by atoms with van der Waals surface area (Å²) in [5.74, 6) is 2.25. The number of aryl methyl sites for hydroxylation is 2. The molecule has 0 spiro atoms. The Labute approximate surface area is 215 Å². The summed E-state index contributed by atoms with van der Waals surface area (Å²) >= 11 is 1.35. The Morgan fingerprint density at radius 2 is 1.56 bits per heavy atom. The fourth-order valence-electron chi connectivity index (χ4n) is 3.85. The van der Waals surface area contributed by atoms with Crippen LogP contribution in [0.5, 0.6) is 11.5 Å². The van der Waals surface area contributed by atoms with E-state index in [1.807, 2.05) is 65.2 Å². The summed E-state index contributed by atoms with van der Waals surface area (Å²) in [5, 5.41) is 12.5. The quantitative estimate of drug-likeness (QED) is 0.265. The zero-order valence-electron chi connectivity index (χ0n) is 20.7. The lowest BCUT2D eigenvalue weighted by molar-refractivity contribution is -0.113. The van der Waals surface area contributed by atoms with Gasteiger partial charge in [-0.25, -0.2) is 0 Å². The molecule has 1 aromatic heterocycles. The first-order chi connectivity index (χ1) is 17.6. The first-order valence-corrected chi connectivity index (χ1v) is 12.9. The van der Waals surface area contributed by atoms with Gasteiger partial charge in [0.25, 0.3) is 0 Å². The molecule has 1 heterocycles. The van der Waals surface area contributed by atoms with Crippen molar-refractivity contribution in [2.45, 2.75) is 38.5 Å². The maximum absolute atomic E-state index is 12.9. The van der Waals surface area contributed by atoms with Crippen molar-refractivity contribution in [3.05, 3.63) is 89.7 Å². The monoisotopic (exact) mass is 502 g/mol. The van der Waals surface area contributed by atoms with E-state index in [1.165, 1.54) is 11.8 Å². The fraction of sp³-hybridized carbons (Fsp3) is 0.250. The van der Waals surface area contributed by atoms with Crippen molar-refractivity contribution < 1.29 is 14.3 Å². The highest BCUT2D eigenvalue weighted by Crippen LogP contribution is 2.26. The van der Waals surface area contributed by atoms with Gasteiger partial charge < -0.3 is 14.8 Å². The van der Waals surface area contributed by atoms with E-state index in [0.717, 1.165) is 41.1 Å². The number of thioether (sulfide) groups is 1. The van der Waals surface area contributed by atoms with Crippen LogP contribution in [0.1, 0.15) is 30.8 Å². The van der Waals surface area contributed by atoms with Gasteiger partial charge in [0.2, 0.25) is 5.91 Å². The van der Waals surface area contributed by atoms with Crippen LogP contribution >= 0.6 is 11.8 Å². The van der Waals surface area contributed by atoms with E-state index in [0.29, 0.717) is 16.7 Å². The Morgan fingerprint density at radius 3 is 2.19 bits per heavy atom. The molecule has 0 fully saturated rings. The van der Waals surface area contributed by atoms with Crippen LogP contribution in [0.3, 0.4) is 0 Å². The highest BCUT2D eigenvalue weighted by Gasteiger charge is 2.17. The van der Waals surface area contributed by atoms with E-state index in [1.54, 1.807) is 7.11 Å². The topological polar surface area (TPSA) is 78.3 Å². The third-order valence-electron chi connectivity index (χ3n) is 5.74. The molecule has 0 unspecified atom stereocenters. The van der Waals surface area contributed by atoms with Crippen LogP contribution in [0.2, 0.25) is 0 Å². The standard InChI is InChI=1S/C28H30N4O3S/c1-4-20-10-9-11-21(5-2)27(20)29-26(33)19-36-28-31-30-25(32(28)22-12-7-6-8-13-22)18-35-24-16-14-23(34-3)15-17-24/h6-17H,4-5,18-19H2,1-3H3,(H,29,33). The molecule has 0 saturated heterocycles. The van der Waals surface area contributed by atoms with E-state index >= 15 is 0 Å². The molecule has 0 radical (unpaired) electrons. The SMILES string of the molecule is CCc1cccc(CC)c1NC(=O)CSc1nnc(COc2ccc(OC)cc2)n1-c1ccccc1. The minimum Gasteiger partial charge on any atom is -0.497 e. The number of ether oxygens (including phenoxy) is 2. The summed E-state index contributed by atoms with van der Waals surface area (Å²) < 4.78 is 13.1. The van der Waals surface area contributed by atoms with Crippen molar-refractivity contribution in [3.8, 4) is 17.2 Å². The predicted octanol–water partition coefficient (Wildman–Crippen LogP) is 5.71. The molecule has 0 aliphatic carbocycles. The molecule has 4 aromatic rings. The predicted molar refractivity (Wildman–Crippen MR) is 143 cm³/mol. The summed E-state index contributed by atoms with van der Waals surface area (Å²) in [4.78, 5) is 12.9. The Kier molecular flexibility index (Phi) is 8.62. The second-order valence-corrected chi connectivity index (χ2v) is 8.97. The van der Waals surface area contributed by atoms with Gasteiger partial charge in [-0.05, 0) is 60.4 Å². The molecule has 0 bridgehead atoms. The van der Waals surface area contributed by atoms with Crippen molar-refractivity contribution in [1.29, 1.82) is 0 Å². The van der Waals surface area contributed by atoms with Crippen LogP contribution in [0.25, 0.3) is 5.69 Å². The van der Waals surface area contributed by atoms with Crippen LogP contribution < -0.4 is 14.8 Å². The second-order valence-electron chi connectivity index (χ2n) is 8.03. The summed E-state index contributed by atoms with van der Waals surface area (Å²) in [5.41, 5.74) is 4.10. The smallest absolute Gasteiger partial charge is 0.234 e. The number of anilines is 1. The molecule has 7 nitrogen and oxygen atoms in total. The maximum atomic E-state index is 12.9. The third-order valence-corrected chi connectivity index (χ3v) is 6.67. The van der Waals surface area contributed by atoms with Gasteiger partial charge in [0.1, 0.15) is 18.1 Å². The first-order valence-electron chi connectivity index (χ1n) is 11.9. The minimum absolute atomic E-state index is 0.0748. The van der Waals surface area contributed by atoms with Crippen LogP contribution in [-0.4, -0.2) is 33.5 Å². The van der Waals surface area contributed by atoms with Gasteiger partial charge in [0.05, 0.1) is 12.9 Å². The Morgan fingerprint density at radius 1 is 0.889 bits per heavy atom. The molecule has 8 heteroatoms. The highest BCUT2D eigenvalue weighted by atomic mass is 32.2. The lowest BCUT2D eigenvalue weighted by Crippen LogP contribution is -2.17. The van der Waals surface area contributed by atoms with E-state index < -0.39 is 0 Å². The molecular weight excluding hydrogens is 472 g/mol. The number of methoxy groups -OCH3 is 1. The fourth-order valence-corrected chi connectivity index (χ4v) is 4.62. The summed E-state index contributed by atoms with van der Waals surface area (Å²) in [7, 11) is 1.63. The van der Waals surface area contributed by atoms with Crippen LogP contribution in [-0.2, 0) is 24.2 Å². The van der Waals surface area contributed by atoms with Gasteiger partial charge in [-0.15, -0.1) is 10.2 Å². The number of para-hydroxylation sites is 2. The number of benzene rings is 3. The average Bonchev–Trinajstić information content (AvgIpc) is 3.34. The first kappa shape index (κ1) is 25.3. The number of hydrogen-bond acceptors (Lipinski definition) is 6. The number of carbonyl (C=O) groups excluding carboxylic acids is 1. The van der Waals surface area contributed by atoms with Gasteiger partial charge in [-0.2, -0.15) is 0 Å². The largest absolute Gasteiger partial charge is 0.497 e. The Hall–Kier alpha value is -3.78. The Balaban J connectivity index is 1.50. The molecular formula is C28H30N4O3S. The van der Waals surface area contributed by atoms with Crippen molar-refractivity contribution >= 4 is 23.4 Å². The van der Waals surface area contributed by atoms with Gasteiger partial charge in [-0.3, -0.25) is 9.36 Å². The molecule has 0 aliphatic rings. The lowest BCUT2D eigenvalue weighted by atomic mass is 10.0. The normalized spacial score (nSPS) is 10.8.